The molecule has 2 bridgehead atoms. The molecule has 3 heterocycles. The van der Waals surface area contributed by atoms with Gasteiger partial charge in [0, 0.05) is 17.7 Å². The first-order valence-electron chi connectivity index (χ1n) is 6.51. The predicted molar refractivity (Wildman–Crippen MR) is 73.9 cm³/mol. The maximum atomic E-state index is 13.3. The quantitative estimate of drug-likeness (QED) is 0.780. The number of hydrogen-bond donors (Lipinski definition) is 0. The lowest BCUT2D eigenvalue weighted by Gasteiger charge is -2.29. The zero-order valence-electron chi connectivity index (χ0n) is 10.6. The van der Waals surface area contributed by atoms with Gasteiger partial charge in [-0.15, -0.1) is 11.3 Å². The standard InChI is InChI=1S/C15H14FNOS/c1-9-4-5-19-15(9)14-8-12-7-10-6-11(16)2-3-13(10)17(14)18-12/h2-6,12,14H,7-8H2,1H3/t12-,14+/m1/s1. The lowest BCUT2D eigenvalue weighted by Crippen LogP contribution is -2.27. The van der Waals surface area contributed by atoms with Crippen molar-refractivity contribution in [2.45, 2.75) is 31.9 Å². The number of aryl methyl sites for hydroxylation is 1. The van der Waals surface area contributed by atoms with Gasteiger partial charge in [-0.25, -0.2) is 9.45 Å². The van der Waals surface area contributed by atoms with Crippen LogP contribution in [0.4, 0.5) is 10.1 Å². The van der Waals surface area contributed by atoms with Crippen LogP contribution in [0.1, 0.15) is 28.5 Å². The number of halogens is 1. The lowest BCUT2D eigenvalue weighted by molar-refractivity contribution is 0.0734. The Morgan fingerprint density at radius 3 is 3.05 bits per heavy atom. The summed E-state index contributed by atoms with van der Waals surface area (Å²) >= 11 is 1.78. The summed E-state index contributed by atoms with van der Waals surface area (Å²) in [5.41, 5.74) is 3.40. The van der Waals surface area contributed by atoms with Crippen molar-refractivity contribution in [1.29, 1.82) is 0 Å². The molecule has 0 aliphatic carbocycles. The molecule has 0 saturated carbocycles. The maximum absolute atomic E-state index is 13.3. The van der Waals surface area contributed by atoms with Crippen LogP contribution in [-0.4, -0.2) is 6.10 Å². The summed E-state index contributed by atoms with van der Waals surface area (Å²) in [6.07, 6.45) is 1.98. The Morgan fingerprint density at radius 2 is 2.26 bits per heavy atom. The van der Waals surface area contributed by atoms with Crippen molar-refractivity contribution in [2.24, 2.45) is 0 Å². The van der Waals surface area contributed by atoms with E-state index in [9.17, 15) is 4.39 Å². The van der Waals surface area contributed by atoms with Gasteiger partial charge >= 0.3 is 0 Å². The van der Waals surface area contributed by atoms with Crippen LogP contribution in [-0.2, 0) is 11.3 Å². The van der Waals surface area contributed by atoms with Crippen LogP contribution in [0.15, 0.2) is 29.6 Å². The molecule has 4 rings (SSSR count). The van der Waals surface area contributed by atoms with E-state index in [0.717, 1.165) is 24.1 Å². The van der Waals surface area contributed by atoms with Crippen LogP contribution in [0.25, 0.3) is 0 Å². The number of thiophene rings is 1. The first-order valence-corrected chi connectivity index (χ1v) is 7.39. The minimum Gasteiger partial charge on any atom is -0.269 e. The zero-order chi connectivity index (χ0) is 13.0. The number of hydroxylamine groups is 1. The van der Waals surface area contributed by atoms with E-state index in [4.69, 9.17) is 4.84 Å². The minimum atomic E-state index is -0.162. The van der Waals surface area contributed by atoms with Crippen molar-refractivity contribution in [3.8, 4) is 0 Å². The summed E-state index contributed by atoms with van der Waals surface area (Å²) in [5.74, 6) is -0.162. The van der Waals surface area contributed by atoms with E-state index in [1.54, 1.807) is 17.4 Å². The third-order valence-corrected chi connectivity index (χ3v) is 5.08. The van der Waals surface area contributed by atoms with Gasteiger partial charge in [-0.3, -0.25) is 4.84 Å². The molecular formula is C15H14FNOS. The largest absolute Gasteiger partial charge is 0.269 e. The Bertz CT molecular complexity index is 639. The van der Waals surface area contributed by atoms with Crippen molar-refractivity contribution in [3.05, 3.63) is 51.5 Å². The summed E-state index contributed by atoms with van der Waals surface area (Å²) < 4.78 is 13.3. The van der Waals surface area contributed by atoms with Gasteiger partial charge in [-0.2, -0.15) is 0 Å². The van der Waals surface area contributed by atoms with E-state index in [1.165, 1.54) is 16.5 Å². The summed E-state index contributed by atoms with van der Waals surface area (Å²) in [7, 11) is 0. The highest BCUT2D eigenvalue weighted by Gasteiger charge is 2.41. The molecule has 1 fully saturated rings. The van der Waals surface area contributed by atoms with Gasteiger partial charge in [0.2, 0.25) is 0 Å². The molecule has 0 unspecified atom stereocenters. The number of anilines is 1. The Balaban J connectivity index is 1.79. The smallest absolute Gasteiger partial charge is 0.123 e. The van der Waals surface area contributed by atoms with E-state index in [1.807, 2.05) is 11.1 Å². The van der Waals surface area contributed by atoms with Gasteiger partial charge < -0.3 is 0 Å². The molecule has 1 saturated heterocycles. The molecule has 0 spiro atoms. The molecule has 2 nitrogen and oxygen atoms in total. The zero-order valence-corrected chi connectivity index (χ0v) is 11.4. The SMILES string of the molecule is Cc1ccsc1[C@@H]1C[C@H]2Cc3cc(F)ccc3N1O2. The summed E-state index contributed by atoms with van der Waals surface area (Å²) in [5, 5.41) is 4.11. The molecule has 4 heteroatoms. The number of fused-ring (bicyclic) bond motifs is 4. The molecule has 0 radical (unpaired) electrons. The van der Waals surface area contributed by atoms with Crippen LogP contribution in [0, 0.1) is 12.7 Å². The van der Waals surface area contributed by atoms with Gasteiger partial charge in [-0.1, -0.05) is 0 Å². The second kappa shape index (κ2) is 4.05. The van der Waals surface area contributed by atoms with Crippen molar-refractivity contribution >= 4 is 17.0 Å². The molecule has 2 aliphatic heterocycles. The number of benzene rings is 1. The van der Waals surface area contributed by atoms with E-state index in [2.05, 4.69) is 18.4 Å². The van der Waals surface area contributed by atoms with Crippen molar-refractivity contribution in [2.75, 3.05) is 5.06 Å². The number of nitrogens with zero attached hydrogens (tertiary/aromatic N) is 1. The predicted octanol–water partition coefficient (Wildman–Crippen LogP) is 4.00. The highest BCUT2D eigenvalue weighted by molar-refractivity contribution is 7.10. The Kier molecular flexibility index (Phi) is 2.44. The Morgan fingerprint density at radius 1 is 1.37 bits per heavy atom. The summed E-state index contributed by atoms with van der Waals surface area (Å²) in [6, 6.07) is 7.41. The van der Waals surface area contributed by atoms with Crippen LogP contribution in [0.3, 0.4) is 0 Å². The molecule has 0 N–H and O–H groups in total. The molecule has 0 amide bonds. The van der Waals surface area contributed by atoms with Crippen molar-refractivity contribution < 1.29 is 9.23 Å². The maximum Gasteiger partial charge on any atom is 0.123 e. The van der Waals surface area contributed by atoms with Crippen molar-refractivity contribution in [1.82, 2.24) is 0 Å². The fourth-order valence-corrected chi connectivity index (χ4v) is 4.11. The third-order valence-electron chi connectivity index (χ3n) is 3.96. The molecule has 19 heavy (non-hydrogen) atoms. The summed E-state index contributed by atoms with van der Waals surface area (Å²) in [4.78, 5) is 7.33. The molecule has 98 valence electrons. The van der Waals surface area contributed by atoms with Gasteiger partial charge in [0.15, 0.2) is 0 Å². The van der Waals surface area contributed by atoms with Crippen LogP contribution < -0.4 is 5.06 Å². The number of hydrogen-bond acceptors (Lipinski definition) is 3. The van der Waals surface area contributed by atoms with Crippen LogP contribution >= 0.6 is 11.3 Å². The molecule has 1 aromatic carbocycles. The average Bonchev–Trinajstić information content (AvgIpc) is 2.94. The van der Waals surface area contributed by atoms with Crippen molar-refractivity contribution in [3.63, 3.8) is 0 Å². The second-order valence-electron chi connectivity index (χ2n) is 5.25. The average molecular weight is 275 g/mol. The van der Waals surface area contributed by atoms with Gasteiger partial charge in [0.1, 0.15) is 5.82 Å². The lowest BCUT2D eigenvalue weighted by atomic mass is 10.0. The summed E-state index contributed by atoms with van der Waals surface area (Å²) in [6.45, 7) is 2.14. The second-order valence-corrected chi connectivity index (χ2v) is 6.20. The van der Waals surface area contributed by atoms with Crippen LogP contribution in [0.2, 0.25) is 0 Å². The molecule has 2 aliphatic rings. The van der Waals surface area contributed by atoms with E-state index >= 15 is 0 Å². The third kappa shape index (κ3) is 1.70. The fraction of sp³-hybridized carbons (Fsp3) is 0.333. The van der Waals surface area contributed by atoms with E-state index < -0.39 is 0 Å². The normalized spacial score (nSPS) is 24.6. The first kappa shape index (κ1) is 11.4. The molecule has 2 atom stereocenters. The van der Waals surface area contributed by atoms with E-state index in [0.29, 0.717) is 0 Å². The Hall–Kier alpha value is -1.39. The Labute approximate surface area is 115 Å². The monoisotopic (exact) mass is 275 g/mol. The first-order chi connectivity index (χ1) is 9.22. The van der Waals surface area contributed by atoms with Crippen LogP contribution in [0.5, 0.6) is 0 Å². The molecular weight excluding hydrogens is 261 g/mol. The molecule has 2 aromatic rings. The highest BCUT2D eigenvalue weighted by atomic mass is 32.1. The topological polar surface area (TPSA) is 12.5 Å². The number of rotatable bonds is 1. The molecule has 1 aromatic heterocycles. The van der Waals surface area contributed by atoms with Gasteiger partial charge in [0.25, 0.3) is 0 Å². The van der Waals surface area contributed by atoms with E-state index in [-0.39, 0.29) is 18.0 Å². The highest BCUT2D eigenvalue weighted by Crippen LogP contribution is 2.46. The van der Waals surface area contributed by atoms with Gasteiger partial charge in [0.05, 0.1) is 17.8 Å². The van der Waals surface area contributed by atoms with Gasteiger partial charge in [-0.05, 0) is 47.7 Å². The minimum absolute atomic E-state index is 0.162. The fourth-order valence-electron chi connectivity index (χ4n) is 3.08.